The molecule has 0 spiro atoms. The predicted octanol–water partition coefficient (Wildman–Crippen LogP) is 1.95. The number of allylic oxidation sites excluding steroid dienone is 2. The lowest BCUT2D eigenvalue weighted by molar-refractivity contribution is -0.136. The monoisotopic (exact) mass is 300 g/mol. The molecule has 0 aliphatic carbocycles. The molecule has 22 heavy (non-hydrogen) atoms. The van der Waals surface area contributed by atoms with E-state index in [9.17, 15) is 10.1 Å². The van der Waals surface area contributed by atoms with Crippen LogP contribution in [0.5, 0.6) is 5.75 Å². The van der Waals surface area contributed by atoms with E-state index in [1.54, 1.807) is 38.3 Å². The Morgan fingerprint density at radius 1 is 1.41 bits per heavy atom. The molecule has 1 heterocycles. The summed E-state index contributed by atoms with van der Waals surface area (Å²) in [6.07, 6.45) is 0. The van der Waals surface area contributed by atoms with Crippen LogP contribution in [0.2, 0.25) is 0 Å². The molecule has 0 aromatic heterocycles. The fourth-order valence-electron chi connectivity index (χ4n) is 2.41. The standard InChI is InChI=1S/C16H16N2O4/c1-9-13(16(19)21-3)14(12(8-17)15(18)22-9)10-5-4-6-11(7-10)20-2/h4-7,14H,18H2,1-3H3. The smallest absolute Gasteiger partial charge is 0.338 e. The lowest BCUT2D eigenvalue weighted by Gasteiger charge is -2.26. The highest BCUT2D eigenvalue weighted by molar-refractivity contribution is 5.92. The first-order valence-electron chi connectivity index (χ1n) is 6.54. The Morgan fingerprint density at radius 2 is 2.14 bits per heavy atom. The lowest BCUT2D eigenvalue weighted by atomic mass is 9.83. The van der Waals surface area contributed by atoms with Gasteiger partial charge in [-0.25, -0.2) is 4.79 Å². The van der Waals surface area contributed by atoms with Crippen molar-refractivity contribution in [2.24, 2.45) is 5.73 Å². The largest absolute Gasteiger partial charge is 0.497 e. The van der Waals surface area contributed by atoms with Crippen LogP contribution < -0.4 is 10.5 Å². The van der Waals surface area contributed by atoms with Gasteiger partial charge in [0.2, 0.25) is 5.88 Å². The normalized spacial score (nSPS) is 17.6. The van der Waals surface area contributed by atoms with Gasteiger partial charge >= 0.3 is 5.97 Å². The number of nitrogens with zero attached hydrogens (tertiary/aromatic N) is 1. The molecule has 2 N–H and O–H groups in total. The number of methoxy groups -OCH3 is 2. The molecule has 0 saturated heterocycles. The van der Waals surface area contributed by atoms with Gasteiger partial charge in [-0.05, 0) is 24.6 Å². The third-order valence-electron chi connectivity index (χ3n) is 3.44. The minimum Gasteiger partial charge on any atom is -0.497 e. The molecule has 1 unspecified atom stereocenters. The minimum atomic E-state index is -0.652. The predicted molar refractivity (Wildman–Crippen MR) is 78.4 cm³/mol. The molecule has 0 radical (unpaired) electrons. The average Bonchev–Trinajstić information content (AvgIpc) is 2.53. The molecule has 1 aromatic carbocycles. The van der Waals surface area contributed by atoms with Crippen LogP contribution in [0.4, 0.5) is 0 Å². The fraction of sp³-hybridized carbons (Fsp3) is 0.250. The van der Waals surface area contributed by atoms with Gasteiger partial charge in [-0.15, -0.1) is 0 Å². The van der Waals surface area contributed by atoms with Crippen molar-refractivity contribution in [1.29, 1.82) is 5.26 Å². The van der Waals surface area contributed by atoms with Crippen molar-refractivity contribution in [2.75, 3.05) is 14.2 Å². The van der Waals surface area contributed by atoms with Crippen LogP contribution in [0, 0.1) is 11.3 Å². The Labute approximate surface area is 128 Å². The zero-order valence-electron chi connectivity index (χ0n) is 12.5. The van der Waals surface area contributed by atoms with Crippen LogP contribution in [0.15, 0.2) is 47.1 Å². The number of esters is 1. The van der Waals surface area contributed by atoms with Crippen LogP contribution in [-0.2, 0) is 14.3 Å². The Morgan fingerprint density at radius 3 is 2.73 bits per heavy atom. The van der Waals surface area contributed by atoms with Crippen molar-refractivity contribution in [1.82, 2.24) is 0 Å². The Balaban J connectivity index is 2.65. The topological polar surface area (TPSA) is 94.6 Å². The molecule has 1 atom stereocenters. The minimum absolute atomic E-state index is 0.0135. The van der Waals surface area contributed by atoms with Crippen molar-refractivity contribution in [2.45, 2.75) is 12.8 Å². The van der Waals surface area contributed by atoms with E-state index in [1.165, 1.54) is 7.11 Å². The molecular formula is C16H16N2O4. The number of nitriles is 1. The third kappa shape index (κ3) is 2.61. The molecule has 1 aliphatic heterocycles. The van der Waals surface area contributed by atoms with Gasteiger partial charge in [-0.2, -0.15) is 5.26 Å². The second kappa shape index (κ2) is 6.22. The van der Waals surface area contributed by atoms with E-state index in [-0.39, 0.29) is 17.0 Å². The summed E-state index contributed by atoms with van der Waals surface area (Å²) in [6.45, 7) is 1.61. The first-order chi connectivity index (χ1) is 10.5. The zero-order chi connectivity index (χ0) is 16.3. The summed E-state index contributed by atoms with van der Waals surface area (Å²) < 4.78 is 15.3. The van der Waals surface area contributed by atoms with Gasteiger partial charge in [0.1, 0.15) is 23.2 Å². The maximum absolute atomic E-state index is 12.1. The SMILES string of the molecule is COC(=O)C1=C(C)OC(N)=C(C#N)C1c1cccc(OC)c1. The van der Waals surface area contributed by atoms with Crippen molar-refractivity contribution in [3.63, 3.8) is 0 Å². The van der Waals surface area contributed by atoms with Crippen LogP contribution in [0.1, 0.15) is 18.4 Å². The molecule has 0 bridgehead atoms. The van der Waals surface area contributed by atoms with Crippen molar-refractivity contribution >= 4 is 5.97 Å². The van der Waals surface area contributed by atoms with Crippen LogP contribution in [0.25, 0.3) is 0 Å². The fourth-order valence-corrected chi connectivity index (χ4v) is 2.41. The number of ether oxygens (including phenoxy) is 3. The summed E-state index contributed by atoms with van der Waals surface area (Å²) in [5.74, 6) is -0.301. The van der Waals surface area contributed by atoms with Crippen LogP contribution in [-0.4, -0.2) is 20.2 Å². The van der Waals surface area contributed by atoms with Gasteiger partial charge < -0.3 is 19.9 Å². The summed E-state index contributed by atoms with van der Waals surface area (Å²) in [5, 5.41) is 9.40. The van der Waals surface area contributed by atoms with E-state index >= 15 is 0 Å². The van der Waals surface area contributed by atoms with E-state index in [0.717, 1.165) is 0 Å². The van der Waals surface area contributed by atoms with Gasteiger partial charge in [0.15, 0.2) is 0 Å². The Kier molecular flexibility index (Phi) is 4.37. The summed E-state index contributed by atoms with van der Waals surface area (Å²) in [5.41, 5.74) is 6.91. The number of rotatable bonds is 3. The molecule has 1 aliphatic rings. The Bertz CT molecular complexity index is 713. The molecule has 114 valence electrons. The van der Waals surface area contributed by atoms with E-state index in [4.69, 9.17) is 19.9 Å². The highest BCUT2D eigenvalue weighted by Gasteiger charge is 2.36. The maximum atomic E-state index is 12.1. The van der Waals surface area contributed by atoms with Gasteiger partial charge in [0.05, 0.1) is 25.7 Å². The summed E-state index contributed by atoms with van der Waals surface area (Å²) in [6, 6.07) is 9.10. The quantitative estimate of drug-likeness (QED) is 0.857. The maximum Gasteiger partial charge on any atom is 0.338 e. The number of benzene rings is 1. The van der Waals surface area contributed by atoms with Gasteiger partial charge in [0, 0.05) is 0 Å². The molecule has 6 heteroatoms. The molecular weight excluding hydrogens is 284 g/mol. The summed E-state index contributed by atoms with van der Waals surface area (Å²) >= 11 is 0. The summed E-state index contributed by atoms with van der Waals surface area (Å²) in [4.78, 5) is 12.1. The van der Waals surface area contributed by atoms with E-state index in [1.807, 2.05) is 6.07 Å². The second-order valence-electron chi connectivity index (χ2n) is 4.66. The molecule has 0 amide bonds. The van der Waals surface area contributed by atoms with Crippen molar-refractivity contribution in [3.8, 4) is 11.8 Å². The Hall–Kier alpha value is -2.94. The molecule has 0 fully saturated rings. The highest BCUT2D eigenvalue weighted by atomic mass is 16.5. The number of carbonyl (C=O) groups is 1. The van der Waals surface area contributed by atoms with Crippen LogP contribution in [0.3, 0.4) is 0 Å². The van der Waals surface area contributed by atoms with Crippen molar-refractivity contribution in [3.05, 3.63) is 52.6 Å². The zero-order valence-corrected chi connectivity index (χ0v) is 12.5. The van der Waals surface area contributed by atoms with Crippen LogP contribution >= 0.6 is 0 Å². The van der Waals surface area contributed by atoms with Gasteiger partial charge in [-0.1, -0.05) is 12.1 Å². The highest BCUT2D eigenvalue weighted by Crippen LogP contribution is 2.40. The van der Waals surface area contributed by atoms with Gasteiger partial charge in [-0.3, -0.25) is 0 Å². The molecule has 2 rings (SSSR count). The molecule has 1 aromatic rings. The second-order valence-corrected chi connectivity index (χ2v) is 4.66. The number of hydrogen-bond acceptors (Lipinski definition) is 6. The molecule has 0 saturated carbocycles. The first kappa shape index (κ1) is 15.4. The number of hydrogen-bond donors (Lipinski definition) is 1. The third-order valence-corrected chi connectivity index (χ3v) is 3.44. The van der Waals surface area contributed by atoms with E-state index in [2.05, 4.69) is 0 Å². The molecule has 6 nitrogen and oxygen atoms in total. The van der Waals surface area contributed by atoms with E-state index in [0.29, 0.717) is 17.1 Å². The van der Waals surface area contributed by atoms with E-state index < -0.39 is 11.9 Å². The lowest BCUT2D eigenvalue weighted by Crippen LogP contribution is -2.25. The average molecular weight is 300 g/mol. The first-order valence-corrected chi connectivity index (χ1v) is 6.54. The summed E-state index contributed by atoms with van der Waals surface area (Å²) in [7, 11) is 2.82. The number of nitrogens with two attached hydrogens (primary N) is 1. The van der Waals surface area contributed by atoms with Crippen molar-refractivity contribution < 1.29 is 19.0 Å². The van der Waals surface area contributed by atoms with Gasteiger partial charge in [0.25, 0.3) is 0 Å². The number of carbonyl (C=O) groups excluding carboxylic acids is 1.